The van der Waals surface area contributed by atoms with Crippen LogP contribution in [0.15, 0.2) is 0 Å². The molecule has 0 saturated heterocycles. The van der Waals surface area contributed by atoms with Crippen LogP contribution in [-0.2, 0) is 0 Å². The highest BCUT2D eigenvalue weighted by molar-refractivity contribution is 8.44. The minimum atomic E-state index is 0.743. The lowest BCUT2D eigenvalue weighted by Crippen LogP contribution is -1.88. The zero-order chi connectivity index (χ0) is 14.3. The Bertz CT molecular complexity index is 212. The summed E-state index contributed by atoms with van der Waals surface area (Å²) in [7, 11) is 0. The minimum absolute atomic E-state index is 0.743. The molecule has 0 N–H and O–H groups in total. The van der Waals surface area contributed by atoms with Crippen LogP contribution in [0.5, 0.6) is 0 Å². The molecule has 0 aromatic carbocycles. The van der Waals surface area contributed by atoms with Gasteiger partial charge < -0.3 is 0 Å². The molecule has 0 heterocycles. The Kier molecular flexibility index (Phi) is 16.1. The Balaban J connectivity index is 3.15. The van der Waals surface area contributed by atoms with Crippen molar-refractivity contribution in [2.45, 2.75) is 90.2 Å². The van der Waals surface area contributed by atoms with Crippen molar-refractivity contribution in [2.24, 2.45) is 0 Å². The van der Waals surface area contributed by atoms with Crippen molar-refractivity contribution in [1.29, 1.82) is 0 Å². The fourth-order valence-electron chi connectivity index (χ4n) is 2.10. The van der Waals surface area contributed by atoms with E-state index in [-0.39, 0.29) is 0 Å². The molecule has 0 unspecified atom stereocenters. The molecule has 0 atom stereocenters. The molecule has 0 aliphatic heterocycles. The van der Waals surface area contributed by atoms with E-state index >= 15 is 0 Å². The van der Waals surface area contributed by atoms with Crippen molar-refractivity contribution in [1.82, 2.24) is 0 Å². The average molecular weight is 325 g/mol. The second kappa shape index (κ2) is 15.3. The van der Waals surface area contributed by atoms with Crippen LogP contribution < -0.4 is 0 Å². The van der Waals surface area contributed by atoms with Crippen LogP contribution in [0.2, 0.25) is 0 Å². The fourth-order valence-corrected chi connectivity index (χ4v) is 5.75. The van der Waals surface area contributed by atoms with E-state index in [4.69, 9.17) is 0 Å². The van der Waals surface area contributed by atoms with Crippen molar-refractivity contribution in [3.05, 3.63) is 0 Å². The molecule has 19 heavy (non-hydrogen) atoms. The molecular formula is C16H36S3. The van der Waals surface area contributed by atoms with Gasteiger partial charge in [-0.2, -0.15) is 11.4 Å². The number of thiol groups is 2. The third-order valence-electron chi connectivity index (χ3n) is 3.19. The van der Waals surface area contributed by atoms with Crippen molar-refractivity contribution >= 4 is 39.3 Å². The van der Waals surface area contributed by atoms with E-state index in [1.165, 1.54) is 84.8 Å². The first-order chi connectivity index (χ1) is 9.16. The van der Waals surface area contributed by atoms with Gasteiger partial charge in [0.15, 0.2) is 0 Å². The summed E-state index contributed by atoms with van der Waals surface area (Å²) in [6.07, 6.45) is 14.4. The summed E-state index contributed by atoms with van der Waals surface area (Å²) in [5, 5.41) is 0.743. The lowest BCUT2D eigenvalue weighted by Gasteiger charge is -2.06. The van der Waals surface area contributed by atoms with Gasteiger partial charge in [-0.15, -0.1) is 12.6 Å². The van der Waals surface area contributed by atoms with Crippen molar-refractivity contribution in [3.8, 4) is 0 Å². The highest BCUT2D eigenvalue weighted by Gasteiger charge is 1.94. The molecule has 0 aliphatic rings. The first-order valence-corrected chi connectivity index (χ1v) is 10.8. The first-order valence-electron chi connectivity index (χ1n) is 8.17. The van der Waals surface area contributed by atoms with Gasteiger partial charge in [0.2, 0.25) is 0 Å². The number of rotatable bonds is 12. The van der Waals surface area contributed by atoms with E-state index < -0.39 is 0 Å². The topological polar surface area (TPSA) is 0 Å². The molecule has 118 valence electrons. The van der Waals surface area contributed by atoms with Gasteiger partial charge in [0, 0.05) is 3.53 Å². The van der Waals surface area contributed by atoms with Crippen LogP contribution >= 0.6 is 35.7 Å². The quantitative estimate of drug-likeness (QED) is 0.246. The summed E-state index contributed by atoms with van der Waals surface area (Å²) in [6, 6.07) is 0. The van der Waals surface area contributed by atoms with Gasteiger partial charge in [-0.1, -0.05) is 78.6 Å². The SMILES string of the molecule is CCCCCCCCCCCC[SH2]C(S)=[SH]C(C)C. The second-order valence-electron chi connectivity index (χ2n) is 5.66. The minimum Gasteiger partial charge on any atom is -0.229 e. The zero-order valence-electron chi connectivity index (χ0n) is 13.2. The Morgan fingerprint density at radius 1 is 0.895 bits per heavy atom. The third-order valence-corrected chi connectivity index (χ3v) is 6.56. The molecule has 0 aromatic rings. The molecule has 0 amide bonds. The normalized spacial score (nSPS) is 13.8. The van der Waals surface area contributed by atoms with E-state index in [2.05, 4.69) is 33.4 Å². The van der Waals surface area contributed by atoms with E-state index in [1.807, 2.05) is 0 Å². The van der Waals surface area contributed by atoms with Gasteiger partial charge in [-0.25, -0.2) is 11.8 Å². The maximum atomic E-state index is 4.59. The Morgan fingerprint density at radius 2 is 1.37 bits per heavy atom. The fraction of sp³-hybridized carbons (Fsp3) is 0.938. The van der Waals surface area contributed by atoms with E-state index in [1.54, 1.807) is 0 Å². The molecule has 0 aliphatic carbocycles. The van der Waals surface area contributed by atoms with Crippen LogP contribution in [0, 0.1) is 0 Å². The van der Waals surface area contributed by atoms with Gasteiger partial charge in [0.25, 0.3) is 0 Å². The van der Waals surface area contributed by atoms with Crippen LogP contribution in [-0.4, -0.2) is 14.5 Å². The Hall–Kier alpha value is 0.920. The van der Waals surface area contributed by atoms with Crippen LogP contribution in [0.1, 0.15) is 85.0 Å². The maximum absolute atomic E-state index is 4.59. The highest BCUT2D eigenvalue weighted by Crippen LogP contribution is 2.18. The summed E-state index contributed by atoms with van der Waals surface area (Å²) >= 11 is 7.01. The molecule has 0 fully saturated rings. The highest BCUT2D eigenvalue weighted by atomic mass is 32.2. The summed E-state index contributed by atoms with van der Waals surface area (Å²) in [6.45, 7) is 6.82. The van der Waals surface area contributed by atoms with Crippen molar-refractivity contribution in [3.63, 3.8) is 0 Å². The summed E-state index contributed by atoms with van der Waals surface area (Å²) in [4.78, 5) is 0. The molecule has 0 saturated carbocycles. The van der Waals surface area contributed by atoms with Crippen LogP contribution in [0.3, 0.4) is 0 Å². The molecule has 3 heteroatoms. The predicted molar refractivity (Wildman–Crippen MR) is 105 cm³/mol. The van der Waals surface area contributed by atoms with Gasteiger partial charge in [-0.3, -0.25) is 0 Å². The standard InChI is InChI=1S/C16H36S3/c1-4-5-6-7-8-9-10-11-12-13-14-18-16(17)19-15(2)3/h15,17,19H,4-14,18H2,1-3H3. The molecule has 0 aromatic heterocycles. The number of hydrogen-bond acceptors (Lipinski definition) is 0. The van der Waals surface area contributed by atoms with Gasteiger partial charge in [-0.05, 0) is 17.4 Å². The Morgan fingerprint density at radius 3 is 1.84 bits per heavy atom. The Labute approximate surface area is 135 Å². The predicted octanol–water partition coefficient (Wildman–Crippen LogP) is 6.00. The van der Waals surface area contributed by atoms with Gasteiger partial charge >= 0.3 is 0 Å². The third kappa shape index (κ3) is 16.9. The van der Waals surface area contributed by atoms with E-state index in [0.29, 0.717) is 0 Å². The number of hydrogen-bond donors (Lipinski definition) is 2. The molecule has 0 bridgehead atoms. The van der Waals surface area contributed by atoms with Crippen LogP contribution in [0.25, 0.3) is 0 Å². The summed E-state index contributed by atoms with van der Waals surface area (Å²) < 4.78 is 1.41. The lowest BCUT2D eigenvalue weighted by atomic mass is 10.1. The second-order valence-corrected chi connectivity index (χ2v) is 10.4. The van der Waals surface area contributed by atoms with Crippen molar-refractivity contribution < 1.29 is 0 Å². The summed E-state index contributed by atoms with van der Waals surface area (Å²) in [5.41, 5.74) is 0. The molecule has 0 nitrogen and oxygen atoms in total. The molecular weight excluding hydrogens is 288 g/mol. The van der Waals surface area contributed by atoms with Gasteiger partial charge in [0.05, 0.1) is 0 Å². The number of unbranched alkanes of at least 4 members (excludes halogenated alkanes) is 9. The first kappa shape index (κ1) is 19.9. The lowest BCUT2D eigenvalue weighted by molar-refractivity contribution is 0.563. The molecule has 0 spiro atoms. The van der Waals surface area contributed by atoms with Gasteiger partial charge in [0.1, 0.15) is 0 Å². The molecule has 0 radical (unpaired) electrons. The van der Waals surface area contributed by atoms with E-state index in [0.717, 1.165) is 17.0 Å². The van der Waals surface area contributed by atoms with E-state index in [9.17, 15) is 0 Å². The van der Waals surface area contributed by atoms with Crippen LogP contribution in [0.4, 0.5) is 0 Å². The summed E-state index contributed by atoms with van der Waals surface area (Å²) in [5.74, 6) is 1.37. The molecule has 0 rings (SSSR count). The van der Waals surface area contributed by atoms with Crippen molar-refractivity contribution in [2.75, 3.05) is 5.75 Å². The average Bonchev–Trinajstić information content (AvgIpc) is 2.35. The zero-order valence-corrected chi connectivity index (χ0v) is 16.0. The monoisotopic (exact) mass is 324 g/mol. The largest absolute Gasteiger partial charge is 0.229 e. The maximum Gasteiger partial charge on any atom is 0.0362 e. The smallest absolute Gasteiger partial charge is 0.0362 e.